The molecule has 3 saturated heterocycles. The molecule has 398 valence electrons. The second-order valence-corrected chi connectivity index (χ2v) is 21.5. The molecule has 3 heterocycles. The minimum atomic E-state index is -2.00. The highest BCUT2D eigenvalue weighted by molar-refractivity contribution is 5.88. The number of rotatable bonds is 38. The average Bonchev–Trinajstić information content (AvgIpc) is 3.93. The minimum Gasteiger partial charge on any atom is -0.462 e. The molecule has 71 heavy (non-hydrogen) atoms. The third kappa shape index (κ3) is 19.8. The van der Waals surface area contributed by atoms with Gasteiger partial charge in [0, 0.05) is 62.5 Å². The van der Waals surface area contributed by atoms with Crippen LogP contribution in [0.15, 0.2) is 60.7 Å². The predicted molar refractivity (Wildman–Crippen MR) is 283 cm³/mol. The first-order valence-corrected chi connectivity index (χ1v) is 29.2. The van der Waals surface area contributed by atoms with E-state index in [-0.39, 0.29) is 32.2 Å². The maximum Gasteiger partial charge on any atom is 0.510 e. The van der Waals surface area contributed by atoms with Gasteiger partial charge in [0.15, 0.2) is 6.10 Å². The van der Waals surface area contributed by atoms with Crippen molar-refractivity contribution in [2.75, 3.05) is 26.3 Å². The number of hydrogen-bond donors (Lipinski definition) is 0. The van der Waals surface area contributed by atoms with E-state index in [0.717, 1.165) is 68.7 Å². The SMILES string of the molecule is CCCCCCCCCCCCCCCC(=O)OCC(COC(=O)CCCCCCCCCCCCCCC)OC(=O)OC(C(=O)OC1CC2CCC(C1)[N+]21CCCC1)(c1ccccc1)c1ccccc1. The highest BCUT2D eigenvalue weighted by Gasteiger charge is 2.57. The molecule has 0 aromatic heterocycles. The van der Waals surface area contributed by atoms with Crippen LogP contribution in [0.4, 0.5) is 4.79 Å². The van der Waals surface area contributed by atoms with Crippen molar-refractivity contribution >= 4 is 24.1 Å². The Bertz CT molecular complexity index is 1660. The van der Waals surface area contributed by atoms with Gasteiger partial charge < -0.3 is 28.2 Å². The predicted octanol–water partition coefficient (Wildman–Crippen LogP) is 15.3. The van der Waals surface area contributed by atoms with Crippen molar-refractivity contribution in [1.29, 1.82) is 0 Å². The molecule has 2 unspecified atom stereocenters. The van der Waals surface area contributed by atoms with Gasteiger partial charge in [-0.3, -0.25) is 9.59 Å². The van der Waals surface area contributed by atoms with Gasteiger partial charge in [0.25, 0.3) is 5.60 Å². The van der Waals surface area contributed by atoms with Crippen LogP contribution in [0.2, 0.25) is 0 Å². The standard InChI is InChI=1S/C61H96NO9/c1-3-5-7-9-11-13-15-17-19-21-23-25-33-41-57(63)67-49-56(50-68-58(64)42-34-26-24-22-20-18-16-14-12-10-8-6-4-2)70-60(66)71-61(51-37-29-27-30-38-51,52-39-31-28-32-40-52)59(65)69-55-47-53-43-44-54(48-55)62(53)45-35-36-46-62/h27-32,37-40,53-56H,3-26,33-36,41-50H2,1-2H3/q+1. The van der Waals surface area contributed by atoms with E-state index in [4.69, 9.17) is 23.7 Å². The van der Waals surface area contributed by atoms with Crippen LogP contribution in [0.3, 0.4) is 0 Å². The van der Waals surface area contributed by atoms with Gasteiger partial charge in [-0.15, -0.1) is 0 Å². The van der Waals surface area contributed by atoms with Crippen molar-refractivity contribution in [2.45, 2.75) is 262 Å². The van der Waals surface area contributed by atoms with Crippen LogP contribution in [0.5, 0.6) is 0 Å². The zero-order valence-corrected chi connectivity index (χ0v) is 44.6. The van der Waals surface area contributed by atoms with Crippen molar-refractivity contribution in [1.82, 2.24) is 0 Å². The second kappa shape index (κ2) is 33.7. The fraction of sp³-hybridized carbons (Fsp3) is 0.738. The molecule has 0 amide bonds. The van der Waals surface area contributed by atoms with Crippen molar-refractivity contribution in [3.05, 3.63) is 71.8 Å². The molecule has 2 aromatic carbocycles. The number of ether oxygens (including phenoxy) is 5. The van der Waals surface area contributed by atoms with E-state index in [0.29, 0.717) is 36.1 Å². The summed E-state index contributed by atoms with van der Waals surface area (Å²) in [7, 11) is 0. The smallest absolute Gasteiger partial charge is 0.462 e. The lowest BCUT2D eigenvalue weighted by Crippen LogP contribution is -2.60. The molecule has 3 aliphatic heterocycles. The fourth-order valence-corrected chi connectivity index (χ4v) is 11.9. The zero-order chi connectivity index (χ0) is 50.3. The first-order chi connectivity index (χ1) is 34.8. The van der Waals surface area contributed by atoms with Gasteiger partial charge >= 0.3 is 24.1 Å². The van der Waals surface area contributed by atoms with E-state index in [1.807, 2.05) is 12.1 Å². The number of esters is 3. The number of carbonyl (C=O) groups is 4. The molecule has 10 nitrogen and oxygen atoms in total. The third-order valence-electron chi connectivity index (χ3n) is 16.0. The molecule has 2 aromatic rings. The molecular weight excluding hydrogens is 891 g/mol. The number of nitrogens with zero attached hydrogens (tertiary/aromatic N) is 1. The van der Waals surface area contributed by atoms with Crippen LogP contribution in [-0.2, 0) is 43.7 Å². The number of hydrogen-bond acceptors (Lipinski definition) is 9. The van der Waals surface area contributed by atoms with E-state index in [9.17, 15) is 19.2 Å². The van der Waals surface area contributed by atoms with Crippen LogP contribution in [0.25, 0.3) is 0 Å². The van der Waals surface area contributed by atoms with E-state index in [2.05, 4.69) is 13.8 Å². The molecule has 5 rings (SSSR count). The maximum atomic E-state index is 15.0. The Kier molecular flexibility index (Phi) is 27.5. The van der Waals surface area contributed by atoms with Crippen LogP contribution >= 0.6 is 0 Å². The highest BCUT2D eigenvalue weighted by atomic mass is 16.8. The topological polar surface area (TPSA) is 114 Å². The lowest BCUT2D eigenvalue weighted by molar-refractivity contribution is -0.956. The summed E-state index contributed by atoms with van der Waals surface area (Å²) >= 11 is 0. The Labute approximate surface area is 430 Å². The van der Waals surface area contributed by atoms with E-state index >= 15 is 0 Å². The molecular formula is C61H96NO9+. The third-order valence-corrected chi connectivity index (χ3v) is 16.0. The van der Waals surface area contributed by atoms with Gasteiger partial charge in [-0.1, -0.05) is 229 Å². The Hall–Kier alpha value is -3.92. The summed E-state index contributed by atoms with van der Waals surface area (Å²) in [5, 5.41) is 0. The van der Waals surface area contributed by atoms with Crippen molar-refractivity contribution in [2.24, 2.45) is 0 Å². The average molecular weight is 987 g/mol. The molecule has 1 spiro atoms. The summed E-state index contributed by atoms with van der Waals surface area (Å²) in [4.78, 5) is 55.4. The van der Waals surface area contributed by atoms with E-state index < -0.39 is 35.8 Å². The zero-order valence-electron chi connectivity index (χ0n) is 44.6. The molecule has 0 radical (unpaired) electrons. The monoisotopic (exact) mass is 987 g/mol. The highest BCUT2D eigenvalue weighted by Crippen LogP contribution is 2.47. The molecule has 2 atom stereocenters. The van der Waals surface area contributed by atoms with Gasteiger partial charge in [0.2, 0.25) is 0 Å². The van der Waals surface area contributed by atoms with Gasteiger partial charge in [-0.2, -0.15) is 0 Å². The number of piperidine rings is 1. The van der Waals surface area contributed by atoms with Crippen molar-refractivity contribution in [3.63, 3.8) is 0 Å². The van der Waals surface area contributed by atoms with Gasteiger partial charge in [0.05, 0.1) is 25.2 Å². The first kappa shape index (κ1) is 58.0. The van der Waals surface area contributed by atoms with Gasteiger partial charge in [-0.25, -0.2) is 9.59 Å². The molecule has 3 fully saturated rings. The number of carbonyl (C=O) groups excluding carboxylic acids is 4. The molecule has 10 heteroatoms. The number of unbranched alkanes of at least 4 members (excludes halogenated alkanes) is 24. The molecule has 2 bridgehead atoms. The summed E-state index contributed by atoms with van der Waals surface area (Å²) in [5.74, 6) is -1.49. The number of quaternary nitrogens is 1. The van der Waals surface area contributed by atoms with Gasteiger partial charge in [0.1, 0.15) is 19.3 Å². The summed E-state index contributed by atoms with van der Waals surface area (Å²) in [6.07, 6.45) is 35.5. The number of benzene rings is 2. The van der Waals surface area contributed by atoms with Crippen LogP contribution in [0, 0.1) is 0 Å². The lowest BCUT2D eigenvalue weighted by Gasteiger charge is -2.47. The van der Waals surface area contributed by atoms with Crippen LogP contribution in [-0.4, -0.2) is 79.1 Å². The summed E-state index contributed by atoms with van der Waals surface area (Å²) < 4.78 is 31.2. The summed E-state index contributed by atoms with van der Waals surface area (Å²) in [6, 6.07) is 18.8. The largest absolute Gasteiger partial charge is 0.510 e. The molecule has 0 saturated carbocycles. The lowest BCUT2D eigenvalue weighted by atomic mass is 9.85. The van der Waals surface area contributed by atoms with E-state index in [1.165, 1.54) is 142 Å². The molecule has 0 N–H and O–H groups in total. The molecule has 3 aliphatic rings. The second-order valence-electron chi connectivity index (χ2n) is 21.5. The van der Waals surface area contributed by atoms with Gasteiger partial charge in [-0.05, 0) is 12.8 Å². The Balaban J connectivity index is 1.16. The Morgan fingerprint density at radius 2 is 0.887 bits per heavy atom. The van der Waals surface area contributed by atoms with Crippen LogP contribution in [0.1, 0.15) is 243 Å². The summed E-state index contributed by atoms with van der Waals surface area (Å²) in [6.45, 7) is 6.27. The Morgan fingerprint density at radius 3 is 1.27 bits per heavy atom. The normalized spacial score (nSPS) is 18.2. The minimum absolute atomic E-state index is 0.244. The van der Waals surface area contributed by atoms with Crippen molar-refractivity contribution < 1.29 is 47.3 Å². The fourth-order valence-electron chi connectivity index (χ4n) is 11.9. The molecule has 0 aliphatic carbocycles. The van der Waals surface area contributed by atoms with Crippen molar-refractivity contribution in [3.8, 4) is 0 Å². The van der Waals surface area contributed by atoms with E-state index in [1.54, 1.807) is 48.5 Å². The Morgan fingerprint density at radius 1 is 0.521 bits per heavy atom. The summed E-state index contributed by atoms with van der Waals surface area (Å²) in [5.41, 5.74) is -1.17. The maximum absolute atomic E-state index is 15.0. The van der Waals surface area contributed by atoms with Crippen LogP contribution < -0.4 is 0 Å². The quantitative estimate of drug-likeness (QED) is 0.0281. The first-order valence-electron chi connectivity index (χ1n) is 29.2.